The van der Waals surface area contributed by atoms with E-state index in [1.54, 1.807) is 0 Å². The van der Waals surface area contributed by atoms with Gasteiger partial charge in [0.25, 0.3) is 0 Å². The fourth-order valence-corrected chi connectivity index (χ4v) is 3.40. The minimum absolute atomic E-state index is 0.671. The largest absolute Gasteiger partial charge is 0.325 e. The van der Waals surface area contributed by atoms with Crippen molar-refractivity contribution in [2.24, 2.45) is 5.92 Å². The molecule has 0 unspecified atom stereocenters. The molecule has 0 aliphatic heterocycles. The van der Waals surface area contributed by atoms with Crippen LogP contribution in [0.15, 0.2) is 24.3 Å². The topological polar surface area (TPSA) is 17.8 Å². The maximum absolute atomic E-state index is 4.86. The van der Waals surface area contributed by atoms with Gasteiger partial charge in [-0.1, -0.05) is 26.0 Å². The first-order chi connectivity index (χ1) is 9.29. The first-order valence-corrected chi connectivity index (χ1v) is 7.75. The average Bonchev–Trinajstić information content (AvgIpc) is 2.78. The van der Waals surface area contributed by atoms with Gasteiger partial charge in [-0.3, -0.25) is 0 Å². The summed E-state index contributed by atoms with van der Waals surface area (Å²) in [5.41, 5.74) is 2.51. The molecule has 3 rings (SSSR count). The van der Waals surface area contributed by atoms with E-state index < -0.39 is 0 Å². The highest BCUT2D eigenvalue weighted by atomic mass is 15.1. The second kappa shape index (κ2) is 5.36. The molecule has 0 spiro atoms. The number of nitrogens with zero attached hydrogens (tertiary/aromatic N) is 2. The number of benzene rings is 1. The number of aromatic nitrogens is 2. The smallest absolute Gasteiger partial charge is 0.110 e. The third-order valence-corrected chi connectivity index (χ3v) is 4.49. The Labute approximate surface area is 115 Å². The summed E-state index contributed by atoms with van der Waals surface area (Å²) in [6, 6.07) is 9.29. The molecular weight excluding hydrogens is 232 g/mol. The van der Waals surface area contributed by atoms with Crippen LogP contribution in [0.5, 0.6) is 0 Å². The van der Waals surface area contributed by atoms with Crippen molar-refractivity contribution < 1.29 is 0 Å². The van der Waals surface area contributed by atoms with Crippen molar-refractivity contribution in [1.29, 1.82) is 0 Å². The van der Waals surface area contributed by atoms with E-state index in [0.717, 1.165) is 12.3 Å². The minimum atomic E-state index is 0.671. The molecule has 1 aliphatic carbocycles. The van der Waals surface area contributed by atoms with Gasteiger partial charge >= 0.3 is 0 Å². The maximum Gasteiger partial charge on any atom is 0.110 e. The van der Waals surface area contributed by atoms with Crippen LogP contribution in [0.25, 0.3) is 11.0 Å². The van der Waals surface area contributed by atoms with E-state index in [-0.39, 0.29) is 0 Å². The third kappa shape index (κ3) is 2.41. The van der Waals surface area contributed by atoms with Crippen LogP contribution in [0.4, 0.5) is 0 Å². The highest BCUT2D eigenvalue weighted by Crippen LogP contribution is 2.35. The first kappa shape index (κ1) is 12.7. The highest BCUT2D eigenvalue weighted by molar-refractivity contribution is 5.76. The third-order valence-electron chi connectivity index (χ3n) is 4.49. The molecule has 0 atom stereocenters. The van der Waals surface area contributed by atoms with Crippen LogP contribution in [0.3, 0.4) is 0 Å². The lowest BCUT2D eigenvalue weighted by Gasteiger charge is -2.29. The summed E-state index contributed by atoms with van der Waals surface area (Å²) in [4.78, 5) is 4.86. The van der Waals surface area contributed by atoms with E-state index in [4.69, 9.17) is 4.98 Å². The van der Waals surface area contributed by atoms with Gasteiger partial charge in [-0.15, -0.1) is 0 Å². The zero-order valence-corrected chi connectivity index (χ0v) is 12.1. The van der Waals surface area contributed by atoms with Gasteiger partial charge in [0.2, 0.25) is 0 Å². The fourth-order valence-electron chi connectivity index (χ4n) is 3.40. The maximum atomic E-state index is 4.86. The molecule has 1 fully saturated rings. The molecule has 1 heterocycles. The Morgan fingerprint density at radius 2 is 1.89 bits per heavy atom. The van der Waals surface area contributed by atoms with Gasteiger partial charge in [0, 0.05) is 12.5 Å². The van der Waals surface area contributed by atoms with E-state index >= 15 is 0 Å². The molecule has 1 aromatic heterocycles. The van der Waals surface area contributed by atoms with Crippen molar-refractivity contribution in [2.75, 3.05) is 0 Å². The molecule has 102 valence electrons. The Morgan fingerprint density at radius 1 is 1.16 bits per heavy atom. The van der Waals surface area contributed by atoms with Gasteiger partial charge < -0.3 is 4.57 Å². The van der Waals surface area contributed by atoms with Crippen molar-refractivity contribution in [3.8, 4) is 0 Å². The monoisotopic (exact) mass is 256 g/mol. The van der Waals surface area contributed by atoms with Gasteiger partial charge in [-0.05, 0) is 50.2 Å². The quantitative estimate of drug-likeness (QED) is 0.775. The summed E-state index contributed by atoms with van der Waals surface area (Å²) in [6.07, 6.45) is 7.63. The number of hydrogen-bond acceptors (Lipinski definition) is 1. The molecule has 1 saturated carbocycles. The zero-order chi connectivity index (χ0) is 13.2. The van der Waals surface area contributed by atoms with E-state index in [0.29, 0.717) is 6.04 Å². The molecule has 1 aliphatic rings. The lowest BCUT2D eigenvalue weighted by atomic mass is 9.87. The van der Waals surface area contributed by atoms with Crippen LogP contribution >= 0.6 is 0 Å². The lowest BCUT2D eigenvalue weighted by Crippen LogP contribution is -2.18. The van der Waals surface area contributed by atoms with Gasteiger partial charge in [0.05, 0.1) is 11.0 Å². The summed E-state index contributed by atoms with van der Waals surface area (Å²) < 4.78 is 2.55. The van der Waals surface area contributed by atoms with Gasteiger partial charge in [0.15, 0.2) is 0 Å². The van der Waals surface area contributed by atoms with Crippen molar-refractivity contribution >= 4 is 11.0 Å². The average molecular weight is 256 g/mol. The zero-order valence-electron chi connectivity index (χ0n) is 12.1. The molecule has 0 amide bonds. The standard InChI is InChI=1S/C17H24N2/c1-3-6-17-18-15-7-4-5-8-16(15)19(17)14-11-9-13(2)10-12-14/h4-5,7-8,13-14H,3,6,9-12H2,1-2H3. The van der Waals surface area contributed by atoms with E-state index in [1.807, 2.05) is 0 Å². The molecule has 19 heavy (non-hydrogen) atoms. The van der Waals surface area contributed by atoms with Crippen LogP contribution < -0.4 is 0 Å². The van der Waals surface area contributed by atoms with Crippen molar-refractivity contribution in [2.45, 2.75) is 58.4 Å². The predicted octanol–water partition coefficient (Wildman–Crippen LogP) is 4.74. The Kier molecular flexibility index (Phi) is 3.58. The minimum Gasteiger partial charge on any atom is -0.325 e. The summed E-state index contributed by atoms with van der Waals surface area (Å²) in [5, 5.41) is 0. The van der Waals surface area contributed by atoms with Crippen LogP contribution in [0.1, 0.15) is 57.8 Å². The van der Waals surface area contributed by atoms with Crippen LogP contribution in [-0.4, -0.2) is 9.55 Å². The SMILES string of the molecule is CCCc1nc2ccccc2n1C1CCC(C)CC1. The Morgan fingerprint density at radius 3 is 2.63 bits per heavy atom. The van der Waals surface area contributed by atoms with Crippen LogP contribution in [0, 0.1) is 5.92 Å². The van der Waals surface area contributed by atoms with Gasteiger partial charge in [-0.2, -0.15) is 0 Å². The van der Waals surface area contributed by atoms with Crippen LogP contribution in [0.2, 0.25) is 0 Å². The second-order valence-electron chi connectivity index (χ2n) is 6.05. The summed E-state index contributed by atoms with van der Waals surface area (Å²) in [5.74, 6) is 2.20. The first-order valence-electron chi connectivity index (χ1n) is 7.75. The molecule has 0 N–H and O–H groups in total. The number of aryl methyl sites for hydroxylation is 1. The van der Waals surface area contributed by atoms with Gasteiger partial charge in [-0.25, -0.2) is 4.98 Å². The summed E-state index contributed by atoms with van der Waals surface area (Å²) in [6.45, 7) is 4.63. The van der Waals surface area contributed by atoms with Gasteiger partial charge in [0.1, 0.15) is 5.82 Å². The van der Waals surface area contributed by atoms with Crippen LogP contribution in [-0.2, 0) is 6.42 Å². The Balaban J connectivity index is 2.02. The molecule has 2 nitrogen and oxygen atoms in total. The van der Waals surface area contributed by atoms with Crippen molar-refractivity contribution in [3.63, 3.8) is 0 Å². The summed E-state index contributed by atoms with van der Waals surface area (Å²) in [7, 11) is 0. The Hall–Kier alpha value is -1.31. The molecule has 2 aromatic rings. The Bertz CT molecular complexity index is 547. The fraction of sp³-hybridized carbons (Fsp3) is 0.588. The van der Waals surface area contributed by atoms with E-state index in [1.165, 1.54) is 49.0 Å². The number of rotatable bonds is 3. The van der Waals surface area contributed by atoms with E-state index in [2.05, 4.69) is 42.7 Å². The predicted molar refractivity (Wildman–Crippen MR) is 80.4 cm³/mol. The molecule has 2 heteroatoms. The summed E-state index contributed by atoms with van der Waals surface area (Å²) >= 11 is 0. The number of hydrogen-bond donors (Lipinski definition) is 0. The second-order valence-corrected chi connectivity index (χ2v) is 6.05. The normalized spacial score (nSPS) is 23.9. The number of fused-ring (bicyclic) bond motifs is 1. The number of para-hydroxylation sites is 2. The molecule has 0 saturated heterocycles. The highest BCUT2D eigenvalue weighted by Gasteiger charge is 2.23. The van der Waals surface area contributed by atoms with E-state index in [9.17, 15) is 0 Å². The number of imidazole rings is 1. The molecule has 0 bridgehead atoms. The van der Waals surface area contributed by atoms with Crippen molar-refractivity contribution in [3.05, 3.63) is 30.1 Å². The lowest BCUT2D eigenvalue weighted by molar-refractivity contribution is 0.289. The molecule has 1 aromatic carbocycles. The molecule has 0 radical (unpaired) electrons. The molecular formula is C17H24N2. The van der Waals surface area contributed by atoms with Crippen molar-refractivity contribution in [1.82, 2.24) is 9.55 Å².